The molecule has 0 saturated heterocycles. The first-order valence-electron chi connectivity index (χ1n) is 7.36. The molecule has 1 aliphatic rings. The fraction of sp³-hybridized carbons (Fsp3) is 0.375. The van der Waals surface area contributed by atoms with Gasteiger partial charge >= 0.3 is 0 Å². The summed E-state index contributed by atoms with van der Waals surface area (Å²) in [5.41, 5.74) is 2.88. The molecule has 0 aliphatic heterocycles. The number of hydrogen-bond donors (Lipinski definition) is 2. The molecule has 0 saturated carbocycles. The van der Waals surface area contributed by atoms with Crippen LogP contribution in [-0.2, 0) is 6.42 Å². The van der Waals surface area contributed by atoms with E-state index in [1.807, 2.05) is 0 Å². The molecule has 4 nitrogen and oxygen atoms in total. The van der Waals surface area contributed by atoms with Gasteiger partial charge in [0.05, 0.1) is 6.20 Å². The number of benzene rings is 1. The van der Waals surface area contributed by atoms with E-state index < -0.39 is 0 Å². The first kappa shape index (κ1) is 14.1. The van der Waals surface area contributed by atoms with Crippen molar-refractivity contribution in [1.29, 1.82) is 0 Å². The second-order valence-corrected chi connectivity index (χ2v) is 5.70. The Morgan fingerprint density at radius 3 is 2.95 bits per heavy atom. The smallest absolute Gasteiger partial charge is 0.224 e. The topological polar surface area (TPSA) is 49.8 Å². The minimum atomic E-state index is 0.541. The number of halogens is 1. The van der Waals surface area contributed by atoms with Crippen LogP contribution < -0.4 is 10.6 Å². The highest BCUT2D eigenvalue weighted by molar-refractivity contribution is 6.32. The monoisotopic (exact) mass is 302 g/mol. The number of rotatable bonds is 6. The summed E-state index contributed by atoms with van der Waals surface area (Å²) >= 11 is 6.16. The molecule has 1 atom stereocenters. The molecular weight excluding hydrogens is 284 g/mol. The Balaban J connectivity index is 1.63. The van der Waals surface area contributed by atoms with E-state index in [2.05, 4.69) is 51.8 Å². The number of nitrogens with one attached hydrogen (secondary N) is 2. The van der Waals surface area contributed by atoms with Gasteiger partial charge in [0.15, 0.2) is 5.82 Å². The van der Waals surface area contributed by atoms with Gasteiger partial charge in [0.25, 0.3) is 0 Å². The van der Waals surface area contributed by atoms with Crippen LogP contribution >= 0.6 is 11.6 Å². The first-order valence-corrected chi connectivity index (χ1v) is 7.73. The largest absolute Gasteiger partial charge is 0.368 e. The molecule has 2 N–H and O–H groups in total. The van der Waals surface area contributed by atoms with Crippen molar-refractivity contribution < 1.29 is 0 Å². The minimum Gasteiger partial charge on any atom is -0.368 e. The summed E-state index contributed by atoms with van der Waals surface area (Å²) in [6.45, 7) is 3.81. The lowest BCUT2D eigenvalue weighted by Gasteiger charge is -2.30. The van der Waals surface area contributed by atoms with E-state index >= 15 is 0 Å². The van der Waals surface area contributed by atoms with Gasteiger partial charge in [-0.1, -0.05) is 42.8 Å². The van der Waals surface area contributed by atoms with E-state index in [0.29, 0.717) is 22.7 Å². The van der Waals surface area contributed by atoms with Crippen LogP contribution in [0.3, 0.4) is 0 Å². The van der Waals surface area contributed by atoms with E-state index in [0.717, 1.165) is 25.9 Å². The van der Waals surface area contributed by atoms with Gasteiger partial charge in [0, 0.05) is 19.0 Å². The van der Waals surface area contributed by atoms with Crippen LogP contribution in [0.25, 0.3) is 0 Å². The Bertz CT molecular complexity index is 629. The number of fused-ring (bicyclic) bond motifs is 1. The molecule has 0 spiro atoms. The summed E-state index contributed by atoms with van der Waals surface area (Å²) in [5, 5.41) is 7.08. The summed E-state index contributed by atoms with van der Waals surface area (Å²) < 4.78 is 0. The molecule has 110 valence electrons. The molecule has 0 fully saturated rings. The van der Waals surface area contributed by atoms with Gasteiger partial charge < -0.3 is 10.6 Å². The van der Waals surface area contributed by atoms with Crippen molar-refractivity contribution in [2.24, 2.45) is 0 Å². The van der Waals surface area contributed by atoms with Gasteiger partial charge in [-0.15, -0.1) is 0 Å². The summed E-state index contributed by atoms with van der Waals surface area (Å²) in [6, 6.07) is 8.57. The molecule has 1 unspecified atom stereocenters. The van der Waals surface area contributed by atoms with Crippen molar-refractivity contribution in [2.45, 2.75) is 25.7 Å². The number of nitrogens with zero attached hydrogens (tertiary/aromatic N) is 2. The van der Waals surface area contributed by atoms with E-state index in [-0.39, 0.29) is 0 Å². The third kappa shape index (κ3) is 3.10. The number of aromatic nitrogens is 2. The number of hydrogen-bond acceptors (Lipinski definition) is 4. The maximum Gasteiger partial charge on any atom is 0.224 e. The maximum atomic E-state index is 6.16. The van der Waals surface area contributed by atoms with Gasteiger partial charge in [0.2, 0.25) is 5.95 Å². The quantitative estimate of drug-likeness (QED) is 0.854. The molecule has 3 rings (SSSR count). The highest BCUT2D eigenvalue weighted by Crippen LogP contribution is 2.35. The lowest BCUT2D eigenvalue weighted by molar-refractivity contribution is 0.634. The van der Waals surface area contributed by atoms with Crippen molar-refractivity contribution >= 4 is 23.4 Å². The van der Waals surface area contributed by atoms with Gasteiger partial charge in [-0.05, 0) is 24.0 Å². The van der Waals surface area contributed by atoms with E-state index in [1.54, 1.807) is 6.20 Å². The predicted octanol–water partition coefficient (Wildman–Crippen LogP) is 3.70. The maximum absolute atomic E-state index is 6.16. The van der Waals surface area contributed by atoms with Gasteiger partial charge in [0.1, 0.15) is 5.02 Å². The Kier molecular flexibility index (Phi) is 4.25. The fourth-order valence-electron chi connectivity index (χ4n) is 2.58. The molecule has 0 amide bonds. The standard InChI is InChI=1S/C16H19ClN4/c1-2-7-18-16-20-10-14(17)15(21-16)19-9-12-8-11-5-3-4-6-13(11)12/h3-6,10,12H,2,7-9H2,1H3,(H2,18,19,20,21). The highest BCUT2D eigenvalue weighted by atomic mass is 35.5. The molecular formula is C16H19ClN4. The number of anilines is 2. The van der Waals surface area contributed by atoms with Gasteiger partial charge in [-0.25, -0.2) is 4.98 Å². The van der Waals surface area contributed by atoms with E-state index in [9.17, 15) is 0 Å². The summed E-state index contributed by atoms with van der Waals surface area (Å²) in [4.78, 5) is 8.61. The zero-order valence-corrected chi connectivity index (χ0v) is 12.8. The molecule has 0 radical (unpaired) electrons. The predicted molar refractivity (Wildman–Crippen MR) is 87.2 cm³/mol. The normalized spacial score (nSPS) is 16.0. The van der Waals surface area contributed by atoms with Gasteiger partial charge in [-0.3, -0.25) is 0 Å². The van der Waals surface area contributed by atoms with Crippen molar-refractivity contribution in [1.82, 2.24) is 9.97 Å². The average molecular weight is 303 g/mol. The van der Waals surface area contributed by atoms with Gasteiger partial charge in [-0.2, -0.15) is 4.98 Å². The average Bonchev–Trinajstić information content (AvgIpc) is 2.48. The SMILES string of the molecule is CCCNc1ncc(Cl)c(NCC2Cc3ccccc32)n1. The van der Waals surface area contributed by atoms with Crippen LogP contribution in [0.15, 0.2) is 30.5 Å². The van der Waals surface area contributed by atoms with Crippen molar-refractivity contribution in [3.8, 4) is 0 Å². The molecule has 0 bridgehead atoms. The summed E-state index contributed by atoms with van der Waals surface area (Å²) in [7, 11) is 0. The third-order valence-corrected chi connectivity index (χ3v) is 4.03. The van der Waals surface area contributed by atoms with Crippen molar-refractivity contribution in [3.63, 3.8) is 0 Å². The Hall–Kier alpha value is -1.81. The Morgan fingerprint density at radius 1 is 1.29 bits per heavy atom. The van der Waals surface area contributed by atoms with Crippen LogP contribution in [0.5, 0.6) is 0 Å². The highest BCUT2D eigenvalue weighted by Gasteiger charge is 2.25. The molecule has 21 heavy (non-hydrogen) atoms. The van der Waals surface area contributed by atoms with Crippen molar-refractivity contribution in [2.75, 3.05) is 23.7 Å². The van der Waals surface area contributed by atoms with Crippen LogP contribution in [0.2, 0.25) is 5.02 Å². The second kappa shape index (κ2) is 6.31. The van der Waals surface area contributed by atoms with Crippen LogP contribution in [-0.4, -0.2) is 23.1 Å². The molecule has 1 heterocycles. The van der Waals surface area contributed by atoms with Crippen LogP contribution in [0, 0.1) is 0 Å². The van der Waals surface area contributed by atoms with Crippen LogP contribution in [0.4, 0.5) is 11.8 Å². The minimum absolute atomic E-state index is 0.541. The third-order valence-electron chi connectivity index (χ3n) is 3.75. The first-order chi connectivity index (χ1) is 10.3. The van der Waals surface area contributed by atoms with E-state index in [4.69, 9.17) is 11.6 Å². The molecule has 5 heteroatoms. The Labute approximate surface area is 130 Å². The molecule has 1 aliphatic carbocycles. The van der Waals surface area contributed by atoms with Crippen molar-refractivity contribution in [3.05, 3.63) is 46.6 Å². The molecule has 1 aromatic carbocycles. The summed E-state index contributed by atoms with van der Waals surface area (Å²) in [6.07, 6.45) is 3.80. The lowest BCUT2D eigenvalue weighted by atomic mass is 9.78. The second-order valence-electron chi connectivity index (χ2n) is 5.30. The zero-order valence-electron chi connectivity index (χ0n) is 12.1. The summed E-state index contributed by atoms with van der Waals surface area (Å²) in [5.74, 6) is 1.87. The van der Waals surface area contributed by atoms with Crippen LogP contribution in [0.1, 0.15) is 30.4 Å². The molecule has 1 aromatic heterocycles. The zero-order chi connectivity index (χ0) is 14.7. The van der Waals surface area contributed by atoms with E-state index in [1.165, 1.54) is 11.1 Å². The lowest BCUT2D eigenvalue weighted by Crippen LogP contribution is -2.24. The Morgan fingerprint density at radius 2 is 2.14 bits per heavy atom. The fourth-order valence-corrected chi connectivity index (χ4v) is 2.74. The molecule has 2 aromatic rings.